The molecule has 23 heavy (non-hydrogen) atoms. The number of hydrogen-bond acceptors (Lipinski definition) is 3. The van der Waals surface area contributed by atoms with Crippen molar-refractivity contribution in [1.82, 2.24) is 9.38 Å². The number of anilines is 1. The second-order valence-electron chi connectivity index (χ2n) is 6.19. The Bertz CT molecular complexity index is 854. The summed E-state index contributed by atoms with van der Waals surface area (Å²) in [5, 5.41) is 3.70. The van der Waals surface area contributed by atoms with Crippen molar-refractivity contribution in [2.75, 3.05) is 12.4 Å². The summed E-state index contributed by atoms with van der Waals surface area (Å²) in [6, 6.07) is 12.9. The van der Waals surface area contributed by atoms with Crippen LogP contribution in [0.5, 0.6) is 0 Å². The van der Waals surface area contributed by atoms with E-state index in [9.17, 15) is 0 Å². The zero-order valence-corrected chi connectivity index (χ0v) is 13.7. The van der Waals surface area contributed by atoms with Gasteiger partial charge in [-0.25, -0.2) is 4.98 Å². The minimum atomic E-state index is 0.0822. The second kappa shape index (κ2) is 5.39. The predicted molar refractivity (Wildman–Crippen MR) is 91.8 cm³/mol. The van der Waals surface area contributed by atoms with Crippen molar-refractivity contribution in [3.63, 3.8) is 0 Å². The van der Waals surface area contributed by atoms with Crippen LogP contribution < -0.4 is 5.32 Å². The van der Waals surface area contributed by atoms with Gasteiger partial charge in [0.1, 0.15) is 0 Å². The van der Waals surface area contributed by atoms with Crippen LogP contribution in [0.25, 0.3) is 5.65 Å². The molecule has 2 aromatic heterocycles. The second-order valence-corrected chi connectivity index (χ2v) is 6.19. The van der Waals surface area contributed by atoms with E-state index >= 15 is 0 Å². The topological polar surface area (TPSA) is 38.6 Å². The molecule has 0 saturated heterocycles. The maximum Gasteiger partial charge on any atom is 0.161 e. The van der Waals surface area contributed by atoms with Gasteiger partial charge < -0.3 is 14.5 Å². The van der Waals surface area contributed by atoms with Gasteiger partial charge in [0.25, 0.3) is 0 Å². The third-order valence-electron chi connectivity index (χ3n) is 4.90. The summed E-state index contributed by atoms with van der Waals surface area (Å²) in [5.41, 5.74) is 6.80. The van der Waals surface area contributed by atoms with Crippen LogP contribution in [0.15, 0.2) is 42.6 Å². The molecule has 118 valence electrons. The van der Waals surface area contributed by atoms with E-state index in [2.05, 4.69) is 60.1 Å². The van der Waals surface area contributed by atoms with Gasteiger partial charge in [-0.15, -0.1) is 0 Å². The van der Waals surface area contributed by atoms with E-state index in [1.807, 2.05) is 6.07 Å². The zero-order chi connectivity index (χ0) is 16.0. The average Bonchev–Trinajstić information content (AvgIpc) is 2.89. The third-order valence-corrected chi connectivity index (χ3v) is 4.90. The number of hydrogen-bond donors (Lipinski definition) is 1. The molecule has 1 N–H and O–H groups in total. The maximum absolute atomic E-state index is 5.78. The highest BCUT2D eigenvalue weighted by atomic mass is 16.5. The van der Waals surface area contributed by atoms with Crippen LogP contribution in [0.4, 0.5) is 5.69 Å². The number of aryl methyl sites for hydroxylation is 2. The molecular formula is C19H21N3O. The van der Waals surface area contributed by atoms with E-state index < -0.39 is 0 Å². The van der Waals surface area contributed by atoms with E-state index in [0.717, 1.165) is 23.4 Å². The SMILES string of the molecule is COC1CC(c2ccccc2)Nc2c1ccn1c(C)c(C)nc21. The summed E-state index contributed by atoms with van der Waals surface area (Å²) >= 11 is 0. The number of nitrogens with zero attached hydrogens (tertiary/aromatic N) is 2. The first-order valence-electron chi connectivity index (χ1n) is 8.01. The predicted octanol–water partition coefficient (Wildman–Crippen LogP) is 4.20. The van der Waals surface area contributed by atoms with Gasteiger partial charge in [-0.3, -0.25) is 0 Å². The molecule has 0 fully saturated rings. The van der Waals surface area contributed by atoms with Gasteiger partial charge in [-0.2, -0.15) is 0 Å². The van der Waals surface area contributed by atoms with Crippen molar-refractivity contribution in [3.05, 3.63) is 65.1 Å². The lowest BCUT2D eigenvalue weighted by molar-refractivity contribution is 0.0879. The minimum absolute atomic E-state index is 0.0822. The molecule has 2 unspecified atom stereocenters. The lowest BCUT2D eigenvalue weighted by atomic mass is 9.91. The number of aromatic nitrogens is 2. The Balaban J connectivity index is 1.87. The van der Waals surface area contributed by atoms with E-state index in [0.29, 0.717) is 0 Å². The number of benzene rings is 1. The fraction of sp³-hybridized carbons (Fsp3) is 0.316. The van der Waals surface area contributed by atoms with Gasteiger partial charge in [-0.05, 0) is 25.5 Å². The highest BCUT2D eigenvalue weighted by Crippen LogP contribution is 2.42. The number of fused-ring (bicyclic) bond motifs is 3. The Morgan fingerprint density at radius 1 is 1.17 bits per heavy atom. The Hall–Kier alpha value is -2.33. The largest absolute Gasteiger partial charge is 0.377 e. The molecule has 4 heteroatoms. The maximum atomic E-state index is 5.78. The first kappa shape index (κ1) is 14.3. The fourth-order valence-electron chi connectivity index (χ4n) is 3.47. The molecule has 2 atom stereocenters. The molecule has 3 heterocycles. The van der Waals surface area contributed by atoms with Crippen molar-refractivity contribution in [1.29, 1.82) is 0 Å². The molecule has 0 bridgehead atoms. The van der Waals surface area contributed by atoms with Crippen LogP contribution >= 0.6 is 0 Å². The first-order valence-corrected chi connectivity index (χ1v) is 8.01. The molecule has 0 aliphatic carbocycles. The molecule has 4 nitrogen and oxygen atoms in total. The first-order chi connectivity index (χ1) is 11.2. The Morgan fingerprint density at radius 3 is 2.70 bits per heavy atom. The van der Waals surface area contributed by atoms with Gasteiger partial charge >= 0.3 is 0 Å². The highest BCUT2D eigenvalue weighted by molar-refractivity contribution is 5.75. The highest BCUT2D eigenvalue weighted by Gasteiger charge is 2.29. The summed E-state index contributed by atoms with van der Waals surface area (Å²) in [5.74, 6) is 0. The smallest absolute Gasteiger partial charge is 0.161 e. The zero-order valence-electron chi connectivity index (χ0n) is 13.7. The van der Waals surface area contributed by atoms with E-state index in [4.69, 9.17) is 9.72 Å². The van der Waals surface area contributed by atoms with E-state index in [-0.39, 0.29) is 12.1 Å². The number of rotatable bonds is 2. The van der Waals surface area contributed by atoms with E-state index in [1.165, 1.54) is 16.8 Å². The number of pyridine rings is 1. The quantitative estimate of drug-likeness (QED) is 0.771. The Morgan fingerprint density at radius 2 is 1.96 bits per heavy atom. The van der Waals surface area contributed by atoms with Crippen LogP contribution in [0, 0.1) is 13.8 Å². The minimum Gasteiger partial charge on any atom is -0.377 e. The summed E-state index contributed by atoms with van der Waals surface area (Å²) in [6.45, 7) is 4.16. The summed E-state index contributed by atoms with van der Waals surface area (Å²) in [4.78, 5) is 4.77. The Kier molecular flexibility index (Phi) is 3.34. The fourth-order valence-corrected chi connectivity index (χ4v) is 3.47. The molecule has 4 rings (SSSR count). The molecule has 0 radical (unpaired) electrons. The van der Waals surface area contributed by atoms with Crippen LogP contribution in [-0.4, -0.2) is 16.5 Å². The lowest BCUT2D eigenvalue weighted by Gasteiger charge is -2.33. The number of imidazole rings is 1. The number of ether oxygens (including phenoxy) is 1. The molecule has 0 amide bonds. The normalized spacial score (nSPS) is 20.3. The molecule has 1 aromatic carbocycles. The van der Waals surface area contributed by atoms with E-state index in [1.54, 1.807) is 7.11 Å². The van der Waals surface area contributed by atoms with Crippen molar-refractivity contribution < 1.29 is 4.74 Å². The standard InChI is InChI=1S/C19H21N3O/c1-12-13(2)22-10-9-15-17(23-3)11-16(14-7-5-4-6-8-14)21-18(15)19(22)20-12/h4-10,16-17,21H,11H2,1-3H3. The van der Waals surface area contributed by atoms with Crippen LogP contribution in [0.2, 0.25) is 0 Å². The molecule has 1 aliphatic rings. The lowest BCUT2D eigenvalue weighted by Crippen LogP contribution is -2.23. The third kappa shape index (κ3) is 2.21. The van der Waals surface area contributed by atoms with Gasteiger partial charge in [-0.1, -0.05) is 30.3 Å². The average molecular weight is 307 g/mol. The van der Waals surface area contributed by atoms with Crippen molar-refractivity contribution in [2.24, 2.45) is 0 Å². The molecule has 3 aromatic rings. The monoisotopic (exact) mass is 307 g/mol. The van der Waals surface area contributed by atoms with Gasteiger partial charge in [0.05, 0.1) is 23.5 Å². The summed E-state index contributed by atoms with van der Waals surface area (Å²) in [7, 11) is 1.79. The van der Waals surface area contributed by atoms with Gasteiger partial charge in [0, 0.05) is 31.0 Å². The number of nitrogens with one attached hydrogen (secondary N) is 1. The summed E-state index contributed by atoms with van der Waals surface area (Å²) < 4.78 is 7.93. The van der Waals surface area contributed by atoms with Crippen molar-refractivity contribution in [3.8, 4) is 0 Å². The number of methoxy groups -OCH3 is 1. The van der Waals surface area contributed by atoms with Crippen molar-refractivity contribution in [2.45, 2.75) is 32.4 Å². The van der Waals surface area contributed by atoms with Gasteiger partial charge in [0.2, 0.25) is 0 Å². The van der Waals surface area contributed by atoms with Gasteiger partial charge in [0.15, 0.2) is 5.65 Å². The molecule has 0 saturated carbocycles. The molecular weight excluding hydrogens is 286 g/mol. The van der Waals surface area contributed by atoms with Crippen molar-refractivity contribution >= 4 is 11.3 Å². The van der Waals surface area contributed by atoms with Crippen LogP contribution in [-0.2, 0) is 4.74 Å². The molecule has 1 aliphatic heterocycles. The van der Waals surface area contributed by atoms with Crippen LogP contribution in [0.1, 0.15) is 41.1 Å². The Labute approximate surface area is 136 Å². The summed E-state index contributed by atoms with van der Waals surface area (Å²) in [6.07, 6.45) is 3.10. The van der Waals surface area contributed by atoms with Crippen LogP contribution in [0.3, 0.4) is 0 Å². The molecule has 0 spiro atoms.